The number of hydrogen-bond donors (Lipinski definition) is 0. The minimum absolute atomic E-state index is 0.457. The van der Waals surface area contributed by atoms with Crippen LogP contribution in [0, 0.1) is 0 Å². The Morgan fingerprint density at radius 2 is 1.76 bits per heavy atom. The molecule has 0 aliphatic rings. The minimum Gasteiger partial charge on any atom is -0.312 e. The smallest absolute Gasteiger partial charge is 0.312 e. The first kappa shape index (κ1) is 13.5. The minimum atomic E-state index is -0.483. The summed E-state index contributed by atoms with van der Waals surface area (Å²) in [6.45, 7) is 0. The first-order valence-electron chi connectivity index (χ1n) is 6.18. The van der Waals surface area contributed by atoms with Gasteiger partial charge in [-0.3, -0.25) is 0 Å². The van der Waals surface area contributed by atoms with Crippen molar-refractivity contribution in [3.05, 3.63) is 70.8 Å². The Hall–Kier alpha value is -2.47. The summed E-state index contributed by atoms with van der Waals surface area (Å²) in [6.07, 6.45) is 1.56. The summed E-state index contributed by atoms with van der Waals surface area (Å²) in [5.41, 5.74) is 1.97. The fourth-order valence-electron chi connectivity index (χ4n) is 1.76. The highest BCUT2D eigenvalue weighted by molar-refractivity contribution is 9.10. The maximum Gasteiger partial charge on any atom is 0.365 e. The predicted octanol–water partition coefficient (Wildman–Crippen LogP) is 2.98. The van der Waals surface area contributed by atoms with E-state index in [2.05, 4.69) is 26.2 Å². The lowest BCUT2D eigenvalue weighted by Crippen LogP contribution is -2.20. The van der Waals surface area contributed by atoms with Gasteiger partial charge < -0.3 is 4.84 Å². The van der Waals surface area contributed by atoms with E-state index in [-0.39, 0.29) is 0 Å². The standard InChI is InChI=1S/C15H10BrN3O2/c16-13-8-6-11(7-9-13)14-10-19(18-17-14)21-15(20)12-4-2-1-3-5-12/h1-10H. The Morgan fingerprint density at radius 1 is 1.05 bits per heavy atom. The van der Waals surface area contributed by atoms with Crippen molar-refractivity contribution in [2.24, 2.45) is 0 Å². The average molecular weight is 344 g/mol. The summed E-state index contributed by atoms with van der Waals surface area (Å²) in [7, 11) is 0. The molecule has 6 heteroatoms. The Morgan fingerprint density at radius 3 is 2.48 bits per heavy atom. The molecule has 3 aromatic rings. The maximum atomic E-state index is 11.9. The molecular weight excluding hydrogens is 334 g/mol. The van der Waals surface area contributed by atoms with Gasteiger partial charge in [-0.15, -0.1) is 5.10 Å². The molecule has 0 spiro atoms. The van der Waals surface area contributed by atoms with E-state index in [4.69, 9.17) is 4.84 Å². The Labute approximate surface area is 129 Å². The molecule has 0 bridgehead atoms. The largest absolute Gasteiger partial charge is 0.365 e. The quantitative estimate of drug-likeness (QED) is 0.686. The number of carbonyl (C=O) groups is 1. The number of hydrogen-bond acceptors (Lipinski definition) is 4. The Kier molecular flexibility index (Phi) is 3.79. The van der Waals surface area contributed by atoms with Crippen molar-refractivity contribution in [2.75, 3.05) is 0 Å². The van der Waals surface area contributed by atoms with Crippen LogP contribution < -0.4 is 4.84 Å². The fourth-order valence-corrected chi connectivity index (χ4v) is 2.02. The molecule has 1 aromatic heterocycles. The second kappa shape index (κ2) is 5.88. The van der Waals surface area contributed by atoms with Gasteiger partial charge in [0.15, 0.2) is 0 Å². The van der Waals surface area contributed by atoms with Crippen LogP contribution in [0.4, 0.5) is 0 Å². The number of nitrogens with zero attached hydrogens (tertiary/aromatic N) is 3. The Balaban J connectivity index is 1.76. The van der Waals surface area contributed by atoms with E-state index >= 15 is 0 Å². The van der Waals surface area contributed by atoms with Gasteiger partial charge in [0, 0.05) is 10.0 Å². The highest BCUT2D eigenvalue weighted by Gasteiger charge is 2.10. The predicted molar refractivity (Wildman–Crippen MR) is 80.5 cm³/mol. The van der Waals surface area contributed by atoms with Crippen molar-refractivity contribution in [3.63, 3.8) is 0 Å². The van der Waals surface area contributed by atoms with Crippen molar-refractivity contribution >= 4 is 21.9 Å². The third-order valence-electron chi connectivity index (χ3n) is 2.80. The molecule has 21 heavy (non-hydrogen) atoms. The molecule has 0 saturated heterocycles. The summed E-state index contributed by atoms with van der Waals surface area (Å²) in [5.74, 6) is -0.483. The highest BCUT2D eigenvalue weighted by atomic mass is 79.9. The zero-order chi connectivity index (χ0) is 14.7. The van der Waals surface area contributed by atoms with Gasteiger partial charge in [-0.1, -0.05) is 51.1 Å². The van der Waals surface area contributed by atoms with E-state index in [0.717, 1.165) is 14.9 Å². The summed E-state index contributed by atoms with van der Waals surface area (Å²) < 4.78 is 0.981. The van der Waals surface area contributed by atoms with E-state index in [1.54, 1.807) is 30.5 Å². The number of benzene rings is 2. The van der Waals surface area contributed by atoms with E-state index in [1.165, 1.54) is 0 Å². The van der Waals surface area contributed by atoms with Crippen molar-refractivity contribution in [1.82, 2.24) is 15.2 Å². The zero-order valence-electron chi connectivity index (χ0n) is 10.8. The highest BCUT2D eigenvalue weighted by Crippen LogP contribution is 2.18. The van der Waals surface area contributed by atoms with E-state index in [0.29, 0.717) is 11.3 Å². The molecule has 0 saturated carbocycles. The summed E-state index contributed by atoms with van der Waals surface area (Å²) in [4.78, 5) is 18.1. The number of rotatable bonds is 3. The Bertz CT molecular complexity index is 754. The maximum absolute atomic E-state index is 11.9. The van der Waals surface area contributed by atoms with Gasteiger partial charge in [-0.2, -0.15) is 0 Å². The van der Waals surface area contributed by atoms with E-state index in [1.807, 2.05) is 30.3 Å². The van der Waals surface area contributed by atoms with Crippen molar-refractivity contribution in [3.8, 4) is 11.3 Å². The molecule has 1 heterocycles. The average Bonchev–Trinajstić information content (AvgIpc) is 2.97. The molecule has 0 radical (unpaired) electrons. The van der Waals surface area contributed by atoms with Crippen molar-refractivity contribution in [2.45, 2.75) is 0 Å². The van der Waals surface area contributed by atoms with Crippen LogP contribution in [0.3, 0.4) is 0 Å². The van der Waals surface area contributed by atoms with Crippen LogP contribution in [-0.2, 0) is 0 Å². The lowest BCUT2D eigenvalue weighted by atomic mass is 10.2. The molecule has 3 rings (SSSR count). The molecule has 0 unspecified atom stereocenters. The van der Waals surface area contributed by atoms with Gasteiger partial charge in [0.1, 0.15) is 5.69 Å². The molecule has 0 aliphatic heterocycles. The van der Waals surface area contributed by atoms with Gasteiger partial charge in [0.2, 0.25) is 0 Å². The second-order valence-electron chi connectivity index (χ2n) is 4.26. The summed E-state index contributed by atoms with van der Waals surface area (Å²) in [5, 5.41) is 7.78. The summed E-state index contributed by atoms with van der Waals surface area (Å²) >= 11 is 3.37. The normalized spacial score (nSPS) is 10.3. The topological polar surface area (TPSA) is 57.0 Å². The molecule has 2 aromatic carbocycles. The first-order valence-corrected chi connectivity index (χ1v) is 6.98. The van der Waals surface area contributed by atoms with Crippen LogP contribution in [0.25, 0.3) is 11.3 Å². The van der Waals surface area contributed by atoms with E-state index < -0.39 is 5.97 Å². The fraction of sp³-hybridized carbons (Fsp3) is 0. The molecule has 0 amide bonds. The van der Waals surface area contributed by atoms with Gasteiger partial charge >= 0.3 is 5.97 Å². The van der Waals surface area contributed by atoms with Crippen molar-refractivity contribution < 1.29 is 9.63 Å². The van der Waals surface area contributed by atoms with Crippen LogP contribution >= 0.6 is 15.9 Å². The number of carbonyl (C=O) groups excluding carboxylic acids is 1. The lowest BCUT2D eigenvalue weighted by molar-refractivity contribution is 0.0384. The molecule has 104 valence electrons. The van der Waals surface area contributed by atoms with E-state index in [9.17, 15) is 4.79 Å². The van der Waals surface area contributed by atoms with Crippen LogP contribution in [0.15, 0.2) is 65.3 Å². The molecular formula is C15H10BrN3O2. The van der Waals surface area contributed by atoms with Crippen molar-refractivity contribution in [1.29, 1.82) is 0 Å². The number of aromatic nitrogens is 3. The van der Waals surface area contributed by atoms with Crippen LogP contribution in [0.5, 0.6) is 0 Å². The van der Waals surface area contributed by atoms with Gasteiger partial charge in [0.25, 0.3) is 0 Å². The third kappa shape index (κ3) is 3.17. The zero-order valence-corrected chi connectivity index (χ0v) is 12.4. The monoisotopic (exact) mass is 343 g/mol. The van der Waals surface area contributed by atoms with Crippen LogP contribution in [-0.4, -0.2) is 21.1 Å². The molecule has 0 N–H and O–H groups in total. The second-order valence-corrected chi connectivity index (χ2v) is 5.17. The molecule has 0 fully saturated rings. The van der Waals surface area contributed by atoms with Crippen LogP contribution in [0.2, 0.25) is 0 Å². The van der Waals surface area contributed by atoms with Gasteiger partial charge in [-0.25, -0.2) is 4.79 Å². The van der Waals surface area contributed by atoms with Crippen LogP contribution in [0.1, 0.15) is 10.4 Å². The third-order valence-corrected chi connectivity index (χ3v) is 3.33. The lowest BCUT2D eigenvalue weighted by Gasteiger charge is -2.01. The summed E-state index contributed by atoms with van der Waals surface area (Å²) in [6, 6.07) is 16.3. The molecule has 0 atom stereocenters. The first-order chi connectivity index (χ1) is 10.2. The van der Waals surface area contributed by atoms with Gasteiger partial charge in [0.05, 0.1) is 11.8 Å². The number of halogens is 1. The van der Waals surface area contributed by atoms with Gasteiger partial charge in [-0.05, 0) is 29.5 Å². The molecule has 0 aliphatic carbocycles. The SMILES string of the molecule is O=C(On1cc(-c2ccc(Br)cc2)nn1)c1ccccc1. The molecule has 5 nitrogen and oxygen atoms in total.